The monoisotopic (exact) mass is 440 g/mol. The molecule has 0 radical (unpaired) electrons. The fourth-order valence-electron chi connectivity index (χ4n) is 3.60. The van der Waals surface area contributed by atoms with Crippen LogP contribution in [-0.2, 0) is 23.6 Å². The van der Waals surface area contributed by atoms with E-state index in [1.807, 2.05) is 36.4 Å². The van der Waals surface area contributed by atoms with Gasteiger partial charge in [0.1, 0.15) is 17.9 Å². The van der Waals surface area contributed by atoms with Crippen LogP contribution < -0.4 is 10.6 Å². The normalized spacial score (nSPS) is 14.0. The third-order valence-corrected chi connectivity index (χ3v) is 8.30. The maximum absolute atomic E-state index is 15.1. The SMILES string of the molecule is C/C=C/[C@H](OC(C)=O)C([C@H](/C=C/C)OC(C)=O)P(=O)(c1ccccc1)c1ccccc1. The molecule has 0 aliphatic rings. The minimum Gasteiger partial charge on any atom is -0.457 e. The van der Waals surface area contributed by atoms with Crippen LogP contribution in [0.5, 0.6) is 0 Å². The molecule has 2 aromatic rings. The molecule has 2 aromatic carbocycles. The van der Waals surface area contributed by atoms with Crippen LogP contribution in [0, 0.1) is 0 Å². The van der Waals surface area contributed by atoms with Crippen LogP contribution in [0.2, 0.25) is 0 Å². The van der Waals surface area contributed by atoms with Crippen LogP contribution in [0.25, 0.3) is 0 Å². The molecule has 5 nitrogen and oxygen atoms in total. The Labute approximate surface area is 184 Å². The number of hydrogen-bond acceptors (Lipinski definition) is 5. The summed E-state index contributed by atoms with van der Waals surface area (Å²) < 4.78 is 26.3. The third kappa shape index (κ3) is 6.05. The Morgan fingerprint density at radius 3 is 1.39 bits per heavy atom. The molecule has 164 valence electrons. The summed E-state index contributed by atoms with van der Waals surface area (Å²) in [5.74, 6) is -1.02. The van der Waals surface area contributed by atoms with E-state index in [1.165, 1.54) is 13.8 Å². The number of hydrogen-bond donors (Lipinski definition) is 0. The quantitative estimate of drug-likeness (QED) is 0.329. The van der Waals surface area contributed by atoms with Gasteiger partial charge in [0.25, 0.3) is 0 Å². The van der Waals surface area contributed by atoms with E-state index in [1.54, 1.807) is 62.4 Å². The fourth-order valence-corrected chi connectivity index (χ4v) is 6.97. The minimum absolute atomic E-state index is 0.511. The van der Waals surface area contributed by atoms with E-state index in [-0.39, 0.29) is 0 Å². The van der Waals surface area contributed by atoms with E-state index in [0.717, 1.165) is 0 Å². The zero-order valence-corrected chi connectivity index (χ0v) is 19.2. The average molecular weight is 440 g/mol. The van der Waals surface area contributed by atoms with E-state index >= 15 is 4.57 Å². The van der Waals surface area contributed by atoms with Crippen molar-refractivity contribution >= 4 is 29.7 Å². The van der Waals surface area contributed by atoms with Crippen molar-refractivity contribution in [3.05, 3.63) is 85.0 Å². The number of benzene rings is 2. The van der Waals surface area contributed by atoms with Crippen molar-refractivity contribution in [2.24, 2.45) is 0 Å². The van der Waals surface area contributed by atoms with Crippen molar-refractivity contribution < 1.29 is 23.6 Å². The maximum atomic E-state index is 15.1. The molecule has 0 saturated carbocycles. The van der Waals surface area contributed by atoms with E-state index in [0.29, 0.717) is 10.6 Å². The van der Waals surface area contributed by atoms with E-state index in [4.69, 9.17) is 9.47 Å². The highest BCUT2D eigenvalue weighted by atomic mass is 31.2. The number of esters is 2. The van der Waals surface area contributed by atoms with Crippen molar-refractivity contribution in [3.63, 3.8) is 0 Å². The summed E-state index contributed by atoms with van der Waals surface area (Å²) in [6, 6.07) is 18.1. The van der Waals surface area contributed by atoms with Gasteiger partial charge >= 0.3 is 11.9 Å². The predicted octanol–water partition coefficient (Wildman–Crippen LogP) is 4.38. The molecule has 0 heterocycles. The second-order valence-electron chi connectivity index (χ2n) is 7.02. The van der Waals surface area contributed by atoms with Gasteiger partial charge in [-0.1, -0.05) is 72.8 Å². The molecule has 0 aliphatic carbocycles. The van der Waals surface area contributed by atoms with E-state index < -0.39 is 36.9 Å². The first-order valence-corrected chi connectivity index (χ1v) is 11.9. The van der Waals surface area contributed by atoms with Crippen LogP contribution in [-0.4, -0.2) is 29.8 Å². The zero-order chi connectivity index (χ0) is 22.9. The van der Waals surface area contributed by atoms with Gasteiger partial charge in [-0.25, -0.2) is 0 Å². The van der Waals surface area contributed by atoms with Gasteiger partial charge in [0.05, 0.1) is 0 Å². The smallest absolute Gasteiger partial charge is 0.303 e. The van der Waals surface area contributed by atoms with Gasteiger partial charge in [0, 0.05) is 24.5 Å². The minimum atomic E-state index is -3.48. The summed E-state index contributed by atoms with van der Waals surface area (Å²) in [5, 5.41) is 1.18. The molecule has 0 unspecified atom stereocenters. The molecule has 0 aliphatic heterocycles. The molecule has 31 heavy (non-hydrogen) atoms. The Morgan fingerprint density at radius 2 is 1.10 bits per heavy atom. The number of allylic oxidation sites excluding steroid dienone is 2. The van der Waals surface area contributed by atoms with E-state index in [9.17, 15) is 9.59 Å². The molecule has 2 atom stereocenters. The van der Waals surface area contributed by atoms with Gasteiger partial charge < -0.3 is 14.0 Å². The summed E-state index contributed by atoms with van der Waals surface area (Å²) >= 11 is 0. The molecule has 0 bridgehead atoms. The Kier molecular flexibility index (Phi) is 9.02. The first-order valence-electron chi connectivity index (χ1n) is 10.2. The molecule has 0 aromatic heterocycles. The lowest BCUT2D eigenvalue weighted by atomic mass is 10.1. The molecule has 0 amide bonds. The number of ether oxygens (including phenoxy) is 2. The standard InChI is InChI=1S/C25H29O5P/c1-5-13-23(29-19(3)26)25(24(14-6-2)30-20(4)27)31(28,21-15-9-7-10-16-21)22-17-11-8-12-18-22/h5-18,23-25H,1-4H3/b13-5+,14-6+/t23-,24-/m0/s1. The van der Waals surface area contributed by atoms with Crippen LogP contribution in [0.1, 0.15) is 27.7 Å². The lowest BCUT2D eigenvalue weighted by molar-refractivity contribution is -0.148. The second-order valence-corrected chi connectivity index (χ2v) is 9.96. The Hall–Kier alpha value is -2.91. The number of carbonyl (C=O) groups excluding carboxylic acids is 2. The number of carbonyl (C=O) groups is 2. The molecule has 2 rings (SSSR count). The van der Waals surface area contributed by atoms with Gasteiger partial charge in [0.15, 0.2) is 7.14 Å². The highest BCUT2D eigenvalue weighted by Crippen LogP contribution is 2.53. The first-order chi connectivity index (χ1) is 14.8. The zero-order valence-electron chi connectivity index (χ0n) is 18.3. The van der Waals surface area contributed by atoms with Gasteiger partial charge in [-0.3, -0.25) is 9.59 Å². The molecule has 0 fully saturated rings. The lowest BCUT2D eigenvalue weighted by Gasteiger charge is -2.36. The van der Waals surface area contributed by atoms with Crippen LogP contribution in [0.4, 0.5) is 0 Å². The summed E-state index contributed by atoms with van der Waals surface area (Å²) in [4.78, 5) is 23.9. The van der Waals surface area contributed by atoms with Gasteiger partial charge in [-0.15, -0.1) is 0 Å². The van der Waals surface area contributed by atoms with E-state index in [2.05, 4.69) is 0 Å². The van der Waals surface area contributed by atoms with Crippen molar-refractivity contribution in [1.82, 2.24) is 0 Å². The highest BCUT2D eigenvalue weighted by molar-refractivity contribution is 7.79. The topological polar surface area (TPSA) is 69.7 Å². The summed E-state index contributed by atoms with van der Waals surface area (Å²) in [6.45, 7) is 6.19. The van der Waals surface area contributed by atoms with Gasteiger partial charge in [-0.2, -0.15) is 0 Å². The maximum Gasteiger partial charge on any atom is 0.303 e. The van der Waals surface area contributed by atoms with Crippen molar-refractivity contribution in [2.75, 3.05) is 0 Å². The lowest BCUT2D eigenvalue weighted by Crippen LogP contribution is -2.44. The Balaban J connectivity index is 2.87. The first kappa shape index (κ1) is 24.4. The molecule has 0 saturated heterocycles. The molecule has 0 spiro atoms. The van der Waals surface area contributed by atoms with Crippen LogP contribution in [0.15, 0.2) is 85.0 Å². The molecular formula is C25H29O5P. The summed E-state index contributed by atoms with van der Waals surface area (Å²) in [6.07, 6.45) is 5.08. The van der Waals surface area contributed by atoms with Crippen LogP contribution >= 0.6 is 7.14 Å². The van der Waals surface area contributed by atoms with Crippen molar-refractivity contribution in [2.45, 2.75) is 45.6 Å². The second kappa shape index (κ2) is 11.5. The van der Waals surface area contributed by atoms with Crippen molar-refractivity contribution in [3.8, 4) is 0 Å². The van der Waals surface area contributed by atoms with Crippen LogP contribution in [0.3, 0.4) is 0 Å². The van der Waals surface area contributed by atoms with Crippen molar-refractivity contribution in [1.29, 1.82) is 0 Å². The predicted molar refractivity (Wildman–Crippen MR) is 124 cm³/mol. The molecular weight excluding hydrogens is 411 g/mol. The summed E-state index contributed by atoms with van der Waals surface area (Å²) in [7, 11) is -3.48. The fraction of sp³-hybridized carbons (Fsp3) is 0.280. The van der Waals surface area contributed by atoms with Gasteiger partial charge in [0.2, 0.25) is 0 Å². The Bertz CT molecular complexity index is 890. The highest BCUT2D eigenvalue weighted by Gasteiger charge is 2.47. The summed E-state index contributed by atoms with van der Waals surface area (Å²) in [5.41, 5.74) is -0.863. The molecule has 0 N–H and O–H groups in total. The third-order valence-electron chi connectivity index (χ3n) is 4.74. The largest absolute Gasteiger partial charge is 0.457 e. The van der Waals surface area contributed by atoms with Gasteiger partial charge in [-0.05, 0) is 26.0 Å². The number of rotatable bonds is 9. The Morgan fingerprint density at radius 1 is 0.742 bits per heavy atom. The average Bonchev–Trinajstić information content (AvgIpc) is 2.74. The molecule has 6 heteroatoms.